The number of amides is 1. The van der Waals surface area contributed by atoms with Crippen molar-refractivity contribution in [2.75, 3.05) is 6.54 Å². The molecule has 116 valence electrons. The van der Waals surface area contributed by atoms with Gasteiger partial charge in [-0.05, 0) is 35.7 Å². The minimum absolute atomic E-state index is 0.211. The zero-order valence-corrected chi connectivity index (χ0v) is 13.1. The number of sulfonamides is 1. The third-order valence-electron chi connectivity index (χ3n) is 3.22. The van der Waals surface area contributed by atoms with Gasteiger partial charge in [0.1, 0.15) is 0 Å². The van der Waals surface area contributed by atoms with Gasteiger partial charge in [0.25, 0.3) is 0 Å². The summed E-state index contributed by atoms with van der Waals surface area (Å²) in [6.45, 7) is 2.06. The van der Waals surface area contributed by atoms with E-state index in [0.29, 0.717) is 18.5 Å². The highest BCUT2D eigenvalue weighted by Crippen LogP contribution is 2.17. The van der Waals surface area contributed by atoms with Crippen molar-refractivity contribution in [2.24, 2.45) is 5.73 Å². The molecule has 2 aromatic carbocycles. The fourth-order valence-corrected chi connectivity index (χ4v) is 3.34. The molecule has 0 fully saturated rings. The zero-order chi connectivity index (χ0) is 16.2. The fourth-order valence-electron chi connectivity index (χ4n) is 2.23. The molecular weight excluding hydrogens is 300 g/mol. The number of carbonyl (C=O) groups is 1. The number of hydrogen-bond donors (Lipinski definition) is 2. The minimum Gasteiger partial charge on any atom is -0.366 e. The molecule has 0 atom stereocenters. The molecule has 3 N–H and O–H groups in total. The van der Waals surface area contributed by atoms with Crippen LogP contribution in [0.4, 0.5) is 0 Å². The van der Waals surface area contributed by atoms with Crippen LogP contribution < -0.4 is 10.5 Å². The normalized spacial score (nSPS) is 11.3. The topological polar surface area (TPSA) is 89.3 Å². The first kappa shape index (κ1) is 16.2. The van der Waals surface area contributed by atoms with Crippen molar-refractivity contribution in [1.29, 1.82) is 0 Å². The molecule has 0 radical (unpaired) electrons. The molecule has 1 amide bonds. The molecule has 5 nitrogen and oxygen atoms in total. The molecule has 0 saturated carbocycles. The number of nitrogens with one attached hydrogen (secondary N) is 1. The molecule has 6 heteroatoms. The first-order chi connectivity index (χ1) is 10.4. The first-order valence-corrected chi connectivity index (χ1v) is 8.38. The van der Waals surface area contributed by atoms with Crippen LogP contribution in [0.5, 0.6) is 0 Å². The highest BCUT2D eigenvalue weighted by atomic mass is 32.2. The average molecular weight is 318 g/mol. The quantitative estimate of drug-likeness (QED) is 0.849. The van der Waals surface area contributed by atoms with Crippen molar-refractivity contribution >= 4 is 15.9 Å². The standard InChI is InChI=1S/C16H18N2O3S/c1-2-18-22(20,21)14-8-5-6-12(11-14)10-13-7-3-4-9-15(13)16(17)19/h3-9,11,18H,2,10H2,1H3,(H2,17,19). The maximum atomic E-state index is 12.0. The fraction of sp³-hybridized carbons (Fsp3) is 0.188. The molecule has 22 heavy (non-hydrogen) atoms. The number of primary amides is 1. The smallest absolute Gasteiger partial charge is 0.248 e. The minimum atomic E-state index is -3.49. The summed E-state index contributed by atoms with van der Waals surface area (Å²) in [6, 6.07) is 13.7. The van der Waals surface area contributed by atoms with Crippen LogP contribution in [0.15, 0.2) is 53.4 Å². The van der Waals surface area contributed by atoms with Crippen LogP contribution in [0, 0.1) is 0 Å². The van der Waals surface area contributed by atoms with Gasteiger partial charge in [0, 0.05) is 12.1 Å². The Morgan fingerprint density at radius 2 is 1.86 bits per heavy atom. The van der Waals surface area contributed by atoms with Gasteiger partial charge in [-0.1, -0.05) is 37.3 Å². The predicted molar refractivity (Wildman–Crippen MR) is 85.1 cm³/mol. The Morgan fingerprint density at radius 1 is 1.14 bits per heavy atom. The van der Waals surface area contributed by atoms with E-state index in [1.807, 2.05) is 18.2 Å². The molecule has 0 aliphatic carbocycles. The van der Waals surface area contributed by atoms with E-state index in [1.165, 1.54) is 0 Å². The first-order valence-electron chi connectivity index (χ1n) is 6.90. The van der Waals surface area contributed by atoms with Crippen LogP contribution in [-0.2, 0) is 16.4 Å². The van der Waals surface area contributed by atoms with Crippen LogP contribution in [0.2, 0.25) is 0 Å². The monoisotopic (exact) mass is 318 g/mol. The summed E-state index contributed by atoms with van der Waals surface area (Å²) in [6.07, 6.45) is 0.439. The number of benzene rings is 2. The summed E-state index contributed by atoms with van der Waals surface area (Å²) in [5.41, 5.74) is 7.38. The number of nitrogens with two attached hydrogens (primary N) is 1. The Labute approximate surface area is 130 Å². The zero-order valence-electron chi connectivity index (χ0n) is 12.2. The highest BCUT2D eigenvalue weighted by molar-refractivity contribution is 7.89. The Bertz CT molecular complexity index is 785. The molecule has 0 aliphatic rings. The Kier molecular flexibility index (Phi) is 4.95. The molecule has 0 unspecified atom stereocenters. The molecule has 2 aromatic rings. The number of carbonyl (C=O) groups excluding carboxylic acids is 1. The van der Waals surface area contributed by atoms with E-state index in [2.05, 4.69) is 4.72 Å². The lowest BCUT2D eigenvalue weighted by molar-refractivity contribution is 0.0999. The summed E-state index contributed by atoms with van der Waals surface area (Å²) >= 11 is 0. The van der Waals surface area contributed by atoms with Gasteiger partial charge >= 0.3 is 0 Å². The summed E-state index contributed by atoms with van der Waals surface area (Å²) in [7, 11) is -3.49. The molecule has 0 saturated heterocycles. The van der Waals surface area contributed by atoms with Gasteiger partial charge in [0.15, 0.2) is 0 Å². The molecule has 0 bridgehead atoms. The maximum absolute atomic E-state index is 12.0. The van der Waals surface area contributed by atoms with Crippen molar-refractivity contribution in [1.82, 2.24) is 4.72 Å². The van der Waals surface area contributed by atoms with E-state index < -0.39 is 15.9 Å². The van der Waals surface area contributed by atoms with Gasteiger partial charge in [-0.3, -0.25) is 4.79 Å². The highest BCUT2D eigenvalue weighted by Gasteiger charge is 2.14. The molecule has 0 heterocycles. The van der Waals surface area contributed by atoms with Gasteiger partial charge < -0.3 is 5.73 Å². The molecule has 0 spiro atoms. The van der Waals surface area contributed by atoms with Crippen LogP contribution in [-0.4, -0.2) is 20.9 Å². The average Bonchev–Trinajstić information content (AvgIpc) is 2.48. The Morgan fingerprint density at radius 3 is 2.55 bits per heavy atom. The van der Waals surface area contributed by atoms with E-state index in [-0.39, 0.29) is 4.90 Å². The van der Waals surface area contributed by atoms with Crippen molar-refractivity contribution in [3.63, 3.8) is 0 Å². The molecule has 2 rings (SSSR count). The van der Waals surface area contributed by atoms with Crippen molar-refractivity contribution in [2.45, 2.75) is 18.2 Å². The lowest BCUT2D eigenvalue weighted by Gasteiger charge is -2.09. The predicted octanol–water partition coefficient (Wildman–Crippen LogP) is 1.67. The lowest BCUT2D eigenvalue weighted by atomic mass is 9.99. The molecule has 0 aliphatic heterocycles. The van der Waals surface area contributed by atoms with Gasteiger partial charge in [-0.2, -0.15) is 0 Å². The molecular formula is C16H18N2O3S. The van der Waals surface area contributed by atoms with Crippen LogP contribution in [0.25, 0.3) is 0 Å². The second-order valence-corrected chi connectivity index (χ2v) is 6.61. The van der Waals surface area contributed by atoms with Gasteiger partial charge in [-0.25, -0.2) is 13.1 Å². The van der Waals surface area contributed by atoms with Gasteiger partial charge in [0.05, 0.1) is 4.90 Å². The Balaban J connectivity index is 2.34. The van der Waals surface area contributed by atoms with E-state index in [9.17, 15) is 13.2 Å². The molecule has 0 aromatic heterocycles. The third kappa shape index (κ3) is 3.72. The summed E-state index contributed by atoms with van der Waals surface area (Å²) < 4.78 is 26.5. The van der Waals surface area contributed by atoms with E-state index in [1.54, 1.807) is 37.3 Å². The van der Waals surface area contributed by atoms with Gasteiger partial charge in [-0.15, -0.1) is 0 Å². The van der Waals surface area contributed by atoms with Crippen LogP contribution in [0.1, 0.15) is 28.4 Å². The third-order valence-corrected chi connectivity index (χ3v) is 4.76. The van der Waals surface area contributed by atoms with E-state index in [4.69, 9.17) is 5.73 Å². The van der Waals surface area contributed by atoms with E-state index >= 15 is 0 Å². The van der Waals surface area contributed by atoms with E-state index in [0.717, 1.165) is 11.1 Å². The van der Waals surface area contributed by atoms with Crippen LogP contribution in [0.3, 0.4) is 0 Å². The van der Waals surface area contributed by atoms with Crippen molar-refractivity contribution < 1.29 is 13.2 Å². The van der Waals surface area contributed by atoms with Crippen molar-refractivity contribution in [3.8, 4) is 0 Å². The summed E-state index contributed by atoms with van der Waals surface area (Å²) in [5, 5.41) is 0. The van der Waals surface area contributed by atoms with Crippen LogP contribution >= 0.6 is 0 Å². The van der Waals surface area contributed by atoms with Gasteiger partial charge in [0.2, 0.25) is 15.9 Å². The summed E-state index contributed by atoms with van der Waals surface area (Å²) in [4.78, 5) is 11.7. The number of rotatable bonds is 6. The Hall–Kier alpha value is -2.18. The summed E-state index contributed by atoms with van der Waals surface area (Å²) in [5.74, 6) is -0.493. The maximum Gasteiger partial charge on any atom is 0.248 e. The number of hydrogen-bond acceptors (Lipinski definition) is 3. The lowest BCUT2D eigenvalue weighted by Crippen LogP contribution is -2.23. The SMILES string of the molecule is CCNS(=O)(=O)c1cccc(Cc2ccccc2C(N)=O)c1. The van der Waals surface area contributed by atoms with Crippen molar-refractivity contribution in [3.05, 3.63) is 65.2 Å². The second kappa shape index (κ2) is 6.72. The largest absolute Gasteiger partial charge is 0.366 e. The second-order valence-electron chi connectivity index (χ2n) is 4.85.